The van der Waals surface area contributed by atoms with Crippen molar-refractivity contribution in [3.63, 3.8) is 0 Å². The van der Waals surface area contributed by atoms with E-state index in [0.29, 0.717) is 0 Å². The number of H-pyrrole nitrogens is 1. The van der Waals surface area contributed by atoms with Crippen molar-refractivity contribution >= 4 is 23.5 Å². The molecule has 0 atom stereocenters. The smallest absolute Gasteiger partial charge is 0.0868 e. The highest BCUT2D eigenvalue weighted by Gasteiger charge is 2.22. The molecule has 0 amide bonds. The zero-order chi connectivity index (χ0) is 10.3. The van der Waals surface area contributed by atoms with E-state index in [1.807, 2.05) is 28.8 Å². The van der Waals surface area contributed by atoms with Crippen LogP contribution in [0.1, 0.15) is 5.69 Å². The van der Waals surface area contributed by atoms with E-state index in [1.54, 1.807) is 11.8 Å². The highest BCUT2D eigenvalue weighted by atomic mass is 32.2. The monoisotopic (exact) mass is 238 g/mol. The van der Waals surface area contributed by atoms with Crippen molar-refractivity contribution in [2.45, 2.75) is 16.5 Å². The molecule has 3 heterocycles. The Hall–Kier alpha value is -0.880. The van der Waals surface area contributed by atoms with Gasteiger partial charge in [0.15, 0.2) is 0 Å². The summed E-state index contributed by atoms with van der Waals surface area (Å²) < 4.78 is 2.04. The first-order chi connectivity index (χ1) is 7.40. The van der Waals surface area contributed by atoms with Crippen LogP contribution in [0.15, 0.2) is 17.3 Å². The van der Waals surface area contributed by atoms with E-state index in [-0.39, 0.29) is 0 Å². The molecule has 0 unspecified atom stereocenters. The number of rotatable bonds is 2. The molecule has 2 aromatic heterocycles. The van der Waals surface area contributed by atoms with Crippen LogP contribution in [0, 0.1) is 0 Å². The van der Waals surface area contributed by atoms with Gasteiger partial charge in [-0.15, -0.1) is 23.5 Å². The zero-order valence-corrected chi connectivity index (χ0v) is 9.86. The van der Waals surface area contributed by atoms with E-state index in [4.69, 9.17) is 0 Å². The minimum atomic E-state index is 0.889. The zero-order valence-electron chi connectivity index (χ0n) is 8.23. The lowest BCUT2D eigenvalue weighted by Crippen LogP contribution is -2.02. The summed E-state index contributed by atoms with van der Waals surface area (Å²) in [5, 5.41) is 11.5. The normalized spacial score (nSPS) is 13.7. The molecule has 4 nitrogen and oxygen atoms in total. The molecule has 1 N–H and O–H groups in total. The van der Waals surface area contributed by atoms with Crippen molar-refractivity contribution < 1.29 is 0 Å². The summed E-state index contributed by atoms with van der Waals surface area (Å²) in [5.41, 5.74) is 3.62. The van der Waals surface area contributed by atoms with E-state index in [1.165, 1.54) is 21.8 Å². The molecule has 1 aliphatic rings. The maximum absolute atomic E-state index is 4.40. The summed E-state index contributed by atoms with van der Waals surface area (Å²) in [6, 6.07) is 0. The van der Waals surface area contributed by atoms with Crippen LogP contribution in [0.25, 0.3) is 11.3 Å². The molecule has 0 fully saturated rings. The van der Waals surface area contributed by atoms with Gasteiger partial charge in [0.05, 0.1) is 34.6 Å². The standard InChI is InChI=1S/C9H10N4S2/c1-14-5-13-9-6-2-10-12-7(6)4-15-8(9)3-11-13/h2-3H,4-5H2,1H3,(H,10,12). The third kappa shape index (κ3) is 1.39. The van der Waals surface area contributed by atoms with Crippen molar-refractivity contribution in [3.8, 4) is 11.3 Å². The van der Waals surface area contributed by atoms with Crippen LogP contribution in [0.4, 0.5) is 0 Å². The van der Waals surface area contributed by atoms with Crippen molar-refractivity contribution in [2.24, 2.45) is 0 Å². The minimum absolute atomic E-state index is 0.889. The maximum atomic E-state index is 4.40. The van der Waals surface area contributed by atoms with Crippen LogP contribution in [0.3, 0.4) is 0 Å². The number of hydrogen-bond acceptors (Lipinski definition) is 4. The molecule has 0 spiro atoms. The fraction of sp³-hybridized carbons (Fsp3) is 0.333. The summed E-state index contributed by atoms with van der Waals surface area (Å²) in [5.74, 6) is 1.85. The average molecular weight is 238 g/mol. The molecular formula is C9H10N4S2. The molecule has 1 aliphatic heterocycles. The van der Waals surface area contributed by atoms with Gasteiger partial charge in [0.25, 0.3) is 0 Å². The molecule has 0 saturated heterocycles. The number of aromatic amines is 1. The van der Waals surface area contributed by atoms with Crippen molar-refractivity contribution in [1.82, 2.24) is 20.0 Å². The molecule has 0 bridgehead atoms. The van der Waals surface area contributed by atoms with Crippen molar-refractivity contribution in [3.05, 3.63) is 18.1 Å². The molecule has 6 heteroatoms. The molecule has 2 aromatic rings. The Morgan fingerprint density at radius 1 is 1.60 bits per heavy atom. The van der Waals surface area contributed by atoms with Gasteiger partial charge in [-0.05, 0) is 6.26 Å². The second-order valence-electron chi connectivity index (χ2n) is 3.33. The second kappa shape index (κ2) is 3.61. The largest absolute Gasteiger partial charge is 0.281 e. The highest BCUT2D eigenvalue weighted by molar-refractivity contribution is 7.98. The minimum Gasteiger partial charge on any atom is -0.281 e. The first-order valence-corrected chi connectivity index (χ1v) is 6.98. The van der Waals surface area contributed by atoms with Crippen LogP contribution in [-0.4, -0.2) is 26.2 Å². The number of nitrogens with zero attached hydrogens (tertiary/aromatic N) is 3. The first kappa shape index (κ1) is 9.35. The molecule has 3 rings (SSSR count). The average Bonchev–Trinajstić information content (AvgIpc) is 2.83. The van der Waals surface area contributed by atoms with Crippen LogP contribution < -0.4 is 0 Å². The number of hydrogen-bond donors (Lipinski definition) is 1. The summed E-state index contributed by atoms with van der Waals surface area (Å²) in [6.07, 6.45) is 5.93. The lowest BCUT2D eigenvalue weighted by Gasteiger charge is -2.12. The summed E-state index contributed by atoms with van der Waals surface area (Å²) in [6.45, 7) is 0. The maximum Gasteiger partial charge on any atom is 0.0868 e. The Morgan fingerprint density at radius 3 is 3.40 bits per heavy atom. The second-order valence-corrected chi connectivity index (χ2v) is 5.18. The SMILES string of the molecule is CSCn1ncc2c1-c1cn[nH]c1CS2. The van der Waals surface area contributed by atoms with E-state index in [2.05, 4.69) is 21.6 Å². The van der Waals surface area contributed by atoms with Gasteiger partial charge in [-0.3, -0.25) is 9.78 Å². The Balaban J connectivity index is 2.16. The van der Waals surface area contributed by atoms with Gasteiger partial charge in [0.1, 0.15) is 0 Å². The lowest BCUT2D eigenvalue weighted by atomic mass is 10.2. The molecule has 78 valence electrons. The number of nitrogens with one attached hydrogen (secondary N) is 1. The molecule has 0 aromatic carbocycles. The Bertz CT molecular complexity index is 488. The fourth-order valence-electron chi connectivity index (χ4n) is 1.74. The third-order valence-corrected chi connectivity index (χ3v) is 3.95. The summed E-state index contributed by atoms with van der Waals surface area (Å²) in [4.78, 5) is 1.26. The summed E-state index contributed by atoms with van der Waals surface area (Å²) >= 11 is 3.59. The van der Waals surface area contributed by atoms with Gasteiger partial charge >= 0.3 is 0 Å². The van der Waals surface area contributed by atoms with Crippen molar-refractivity contribution in [1.29, 1.82) is 0 Å². The van der Waals surface area contributed by atoms with E-state index < -0.39 is 0 Å². The first-order valence-electron chi connectivity index (χ1n) is 4.60. The van der Waals surface area contributed by atoms with Crippen LogP contribution in [0.5, 0.6) is 0 Å². The highest BCUT2D eigenvalue weighted by Crippen LogP contribution is 2.40. The van der Waals surface area contributed by atoms with Crippen LogP contribution in [-0.2, 0) is 11.6 Å². The van der Waals surface area contributed by atoms with Gasteiger partial charge in [0.2, 0.25) is 0 Å². The molecule has 0 radical (unpaired) electrons. The Morgan fingerprint density at radius 2 is 2.53 bits per heavy atom. The Kier molecular flexibility index (Phi) is 2.25. The van der Waals surface area contributed by atoms with Crippen molar-refractivity contribution in [2.75, 3.05) is 6.26 Å². The van der Waals surface area contributed by atoms with E-state index in [9.17, 15) is 0 Å². The van der Waals surface area contributed by atoms with E-state index in [0.717, 1.165) is 11.6 Å². The number of fused-ring (bicyclic) bond motifs is 3. The summed E-state index contributed by atoms with van der Waals surface area (Å²) in [7, 11) is 0. The quantitative estimate of drug-likeness (QED) is 0.871. The fourth-order valence-corrected chi connectivity index (χ4v) is 3.18. The molecule has 15 heavy (non-hydrogen) atoms. The number of aromatic nitrogens is 4. The topological polar surface area (TPSA) is 46.5 Å². The predicted octanol–water partition coefficient (Wildman–Crippen LogP) is 2.20. The van der Waals surface area contributed by atoms with Gasteiger partial charge in [-0.25, -0.2) is 0 Å². The van der Waals surface area contributed by atoms with Crippen LogP contribution >= 0.6 is 23.5 Å². The molecule has 0 aliphatic carbocycles. The lowest BCUT2D eigenvalue weighted by molar-refractivity contribution is 0.758. The van der Waals surface area contributed by atoms with E-state index >= 15 is 0 Å². The van der Waals surface area contributed by atoms with Crippen LogP contribution in [0.2, 0.25) is 0 Å². The van der Waals surface area contributed by atoms with Gasteiger partial charge in [-0.2, -0.15) is 10.2 Å². The van der Waals surface area contributed by atoms with Gasteiger partial charge in [-0.1, -0.05) is 0 Å². The predicted molar refractivity (Wildman–Crippen MR) is 62.9 cm³/mol. The Labute approximate surface area is 95.8 Å². The molecule has 0 saturated carbocycles. The van der Waals surface area contributed by atoms with Gasteiger partial charge < -0.3 is 0 Å². The third-order valence-electron chi connectivity index (χ3n) is 2.40. The number of thioether (sulfide) groups is 2. The van der Waals surface area contributed by atoms with Gasteiger partial charge in [0, 0.05) is 11.3 Å². The molecular weight excluding hydrogens is 228 g/mol.